The molecule has 78 valence electrons. The van der Waals surface area contributed by atoms with E-state index in [9.17, 15) is 0 Å². The van der Waals surface area contributed by atoms with E-state index >= 15 is 0 Å². The van der Waals surface area contributed by atoms with Crippen LogP contribution in [0.25, 0.3) is 5.69 Å². The topological polar surface area (TPSA) is 56.7 Å². The molecule has 0 saturated heterocycles. The third-order valence-corrected chi connectivity index (χ3v) is 3.13. The minimum atomic E-state index is 0.409. The summed E-state index contributed by atoms with van der Waals surface area (Å²) in [6.45, 7) is 0.409. The van der Waals surface area contributed by atoms with E-state index in [-0.39, 0.29) is 0 Å². The molecule has 4 nitrogen and oxygen atoms in total. The van der Waals surface area contributed by atoms with Gasteiger partial charge in [0.1, 0.15) is 0 Å². The molecule has 0 unspecified atom stereocenters. The van der Waals surface area contributed by atoms with E-state index < -0.39 is 0 Å². The van der Waals surface area contributed by atoms with E-state index in [1.807, 2.05) is 18.2 Å². The highest BCUT2D eigenvalue weighted by Crippen LogP contribution is 2.25. The number of nitrogens with two attached hydrogens (primary N) is 1. The Morgan fingerprint density at radius 2 is 2.13 bits per heavy atom. The fourth-order valence-electron chi connectivity index (χ4n) is 1.25. The highest BCUT2D eigenvalue weighted by molar-refractivity contribution is 9.11. The van der Waals surface area contributed by atoms with Crippen LogP contribution in [0.15, 0.2) is 33.3 Å². The predicted molar refractivity (Wildman–Crippen MR) is 64.7 cm³/mol. The highest BCUT2D eigenvalue weighted by atomic mass is 79.9. The molecule has 1 heterocycles. The number of benzene rings is 1. The number of aromatic nitrogens is 3. The van der Waals surface area contributed by atoms with Gasteiger partial charge in [0.2, 0.25) is 0 Å². The molecule has 1 aromatic heterocycles. The quantitative estimate of drug-likeness (QED) is 0.918. The number of hydrogen-bond donors (Lipinski definition) is 1. The van der Waals surface area contributed by atoms with Crippen LogP contribution in [0.5, 0.6) is 0 Å². The molecule has 0 atom stereocenters. The van der Waals surface area contributed by atoms with Crippen LogP contribution in [-0.4, -0.2) is 15.0 Å². The fraction of sp³-hybridized carbons (Fsp3) is 0.111. The second kappa shape index (κ2) is 4.42. The van der Waals surface area contributed by atoms with Gasteiger partial charge in [-0.05, 0) is 34.1 Å². The number of hydrogen-bond acceptors (Lipinski definition) is 3. The van der Waals surface area contributed by atoms with Crippen molar-refractivity contribution in [2.45, 2.75) is 6.54 Å². The monoisotopic (exact) mass is 330 g/mol. The molecule has 0 saturated carbocycles. The maximum atomic E-state index is 5.59. The van der Waals surface area contributed by atoms with Crippen LogP contribution in [0.1, 0.15) is 5.69 Å². The molecule has 0 bridgehead atoms. The van der Waals surface area contributed by atoms with Gasteiger partial charge in [-0.1, -0.05) is 21.1 Å². The van der Waals surface area contributed by atoms with Crippen LogP contribution in [-0.2, 0) is 6.54 Å². The maximum Gasteiger partial charge on any atom is 0.0820 e. The minimum absolute atomic E-state index is 0.409. The van der Waals surface area contributed by atoms with E-state index in [2.05, 4.69) is 42.2 Å². The van der Waals surface area contributed by atoms with Gasteiger partial charge in [-0.25, -0.2) is 4.68 Å². The van der Waals surface area contributed by atoms with Crippen molar-refractivity contribution in [2.24, 2.45) is 5.73 Å². The van der Waals surface area contributed by atoms with Crippen molar-refractivity contribution in [3.63, 3.8) is 0 Å². The highest BCUT2D eigenvalue weighted by Gasteiger charge is 2.08. The van der Waals surface area contributed by atoms with Crippen LogP contribution in [0.3, 0.4) is 0 Å². The first-order valence-electron chi connectivity index (χ1n) is 4.27. The zero-order valence-corrected chi connectivity index (χ0v) is 10.9. The SMILES string of the molecule is NCc1cnnn1-c1cc(Br)ccc1Br. The number of halogens is 2. The van der Waals surface area contributed by atoms with Gasteiger partial charge in [-0.3, -0.25) is 0 Å². The van der Waals surface area contributed by atoms with E-state index in [0.717, 1.165) is 20.3 Å². The first kappa shape index (κ1) is 10.8. The van der Waals surface area contributed by atoms with Crippen molar-refractivity contribution in [2.75, 3.05) is 0 Å². The molecule has 0 radical (unpaired) electrons. The third-order valence-electron chi connectivity index (χ3n) is 1.97. The number of nitrogens with zero attached hydrogens (tertiary/aromatic N) is 3. The fourth-order valence-corrected chi connectivity index (χ4v) is 2.01. The standard InChI is InChI=1S/C9H8Br2N4/c10-6-1-2-8(11)9(3-6)15-7(4-12)5-13-14-15/h1-3,5H,4,12H2. The van der Waals surface area contributed by atoms with E-state index in [4.69, 9.17) is 5.73 Å². The largest absolute Gasteiger partial charge is 0.325 e. The molecule has 15 heavy (non-hydrogen) atoms. The Morgan fingerprint density at radius 3 is 2.87 bits per heavy atom. The predicted octanol–water partition coefficient (Wildman–Crippen LogP) is 2.25. The molecule has 2 rings (SSSR count). The van der Waals surface area contributed by atoms with Crippen molar-refractivity contribution in [1.29, 1.82) is 0 Å². The van der Waals surface area contributed by atoms with Gasteiger partial charge < -0.3 is 5.73 Å². The molecular weight excluding hydrogens is 324 g/mol. The summed E-state index contributed by atoms with van der Waals surface area (Å²) in [5.41, 5.74) is 7.38. The van der Waals surface area contributed by atoms with Crippen molar-refractivity contribution >= 4 is 31.9 Å². The molecule has 0 amide bonds. The van der Waals surface area contributed by atoms with Crippen molar-refractivity contribution in [1.82, 2.24) is 15.0 Å². The number of rotatable bonds is 2. The minimum Gasteiger partial charge on any atom is -0.325 e. The second-order valence-electron chi connectivity index (χ2n) is 2.94. The van der Waals surface area contributed by atoms with Crippen LogP contribution in [0.4, 0.5) is 0 Å². The van der Waals surface area contributed by atoms with Gasteiger partial charge in [-0.2, -0.15) is 0 Å². The van der Waals surface area contributed by atoms with Crippen molar-refractivity contribution in [3.8, 4) is 5.69 Å². The van der Waals surface area contributed by atoms with E-state index in [1.54, 1.807) is 10.9 Å². The van der Waals surface area contributed by atoms with Crippen LogP contribution < -0.4 is 5.73 Å². The first-order chi connectivity index (χ1) is 7.22. The molecule has 0 aliphatic carbocycles. The summed E-state index contributed by atoms with van der Waals surface area (Å²) in [6.07, 6.45) is 1.66. The summed E-state index contributed by atoms with van der Waals surface area (Å²) in [5.74, 6) is 0. The summed E-state index contributed by atoms with van der Waals surface area (Å²) in [6, 6.07) is 5.85. The Hall–Kier alpha value is -0.720. The Morgan fingerprint density at radius 1 is 1.33 bits per heavy atom. The molecule has 0 aliphatic heterocycles. The third kappa shape index (κ3) is 2.11. The van der Waals surface area contributed by atoms with Crippen LogP contribution >= 0.6 is 31.9 Å². The zero-order chi connectivity index (χ0) is 10.8. The van der Waals surface area contributed by atoms with Crippen LogP contribution in [0.2, 0.25) is 0 Å². The van der Waals surface area contributed by atoms with E-state index in [1.165, 1.54) is 0 Å². The normalized spacial score (nSPS) is 10.6. The van der Waals surface area contributed by atoms with E-state index in [0.29, 0.717) is 6.54 Å². The maximum absolute atomic E-state index is 5.59. The summed E-state index contributed by atoms with van der Waals surface area (Å²) in [7, 11) is 0. The van der Waals surface area contributed by atoms with Crippen molar-refractivity contribution in [3.05, 3.63) is 39.0 Å². The smallest absolute Gasteiger partial charge is 0.0820 e. The molecule has 2 aromatic rings. The Labute approximate surface area is 104 Å². The lowest BCUT2D eigenvalue weighted by Gasteiger charge is -2.07. The average molecular weight is 332 g/mol. The molecule has 0 aliphatic rings. The van der Waals surface area contributed by atoms with Gasteiger partial charge in [0, 0.05) is 15.5 Å². The van der Waals surface area contributed by atoms with Gasteiger partial charge in [0.25, 0.3) is 0 Å². The van der Waals surface area contributed by atoms with Crippen LogP contribution in [0, 0.1) is 0 Å². The Kier molecular flexibility index (Phi) is 3.18. The van der Waals surface area contributed by atoms with Crippen molar-refractivity contribution < 1.29 is 0 Å². The molecule has 2 N–H and O–H groups in total. The summed E-state index contributed by atoms with van der Waals surface area (Å²) in [5, 5.41) is 7.83. The molecule has 0 fully saturated rings. The lowest BCUT2D eigenvalue weighted by molar-refractivity contribution is 0.758. The zero-order valence-electron chi connectivity index (χ0n) is 7.69. The lowest BCUT2D eigenvalue weighted by Crippen LogP contribution is -2.07. The van der Waals surface area contributed by atoms with Gasteiger partial charge >= 0.3 is 0 Å². The van der Waals surface area contributed by atoms with Gasteiger partial charge in [0.05, 0.1) is 17.6 Å². The second-order valence-corrected chi connectivity index (χ2v) is 4.71. The molecule has 6 heteroatoms. The summed E-state index contributed by atoms with van der Waals surface area (Å²) < 4.78 is 3.65. The molecular formula is C9H8Br2N4. The summed E-state index contributed by atoms with van der Waals surface area (Å²) >= 11 is 6.88. The Balaban J connectivity index is 2.58. The molecule has 0 spiro atoms. The molecule has 1 aromatic carbocycles. The lowest BCUT2D eigenvalue weighted by atomic mass is 10.3. The first-order valence-corrected chi connectivity index (χ1v) is 5.86. The van der Waals surface area contributed by atoms with Gasteiger partial charge in [-0.15, -0.1) is 5.10 Å². The Bertz CT molecular complexity index is 481. The van der Waals surface area contributed by atoms with Gasteiger partial charge in [0.15, 0.2) is 0 Å². The summed E-state index contributed by atoms with van der Waals surface area (Å²) in [4.78, 5) is 0. The average Bonchev–Trinajstić information content (AvgIpc) is 2.69.